The smallest absolute Gasteiger partial charge is 0.232 e. The molecule has 0 aliphatic heterocycles. The van der Waals surface area contributed by atoms with Gasteiger partial charge in [0.15, 0.2) is 0 Å². The van der Waals surface area contributed by atoms with Crippen LogP contribution in [0.5, 0.6) is 0 Å². The molecule has 0 bridgehead atoms. The summed E-state index contributed by atoms with van der Waals surface area (Å²) in [5.74, 6) is 0.166. The standard InChI is InChI=1S/C10H18N2O2S2/c1-2-5-11-6-3-8-16(13,14)12-10-4-7-15-9-10/h4,7,9,11-12H,2-3,5-6,8H2,1H3. The van der Waals surface area contributed by atoms with Crippen molar-refractivity contribution in [3.8, 4) is 0 Å². The van der Waals surface area contributed by atoms with Gasteiger partial charge < -0.3 is 5.32 Å². The molecule has 4 nitrogen and oxygen atoms in total. The van der Waals surface area contributed by atoms with E-state index in [1.165, 1.54) is 11.3 Å². The fourth-order valence-corrected chi connectivity index (χ4v) is 3.02. The van der Waals surface area contributed by atoms with Crippen molar-refractivity contribution in [3.05, 3.63) is 16.8 Å². The molecule has 0 aliphatic carbocycles. The summed E-state index contributed by atoms with van der Waals surface area (Å²) in [5.41, 5.74) is 0.659. The molecule has 2 N–H and O–H groups in total. The van der Waals surface area contributed by atoms with Crippen molar-refractivity contribution >= 4 is 27.0 Å². The SMILES string of the molecule is CCCNCCCS(=O)(=O)Nc1ccsc1. The molecule has 0 amide bonds. The van der Waals surface area contributed by atoms with Gasteiger partial charge in [-0.05, 0) is 37.4 Å². The summed E-state index contributed by atoms with van der Waals surface area (Å²) < 4.78 is 25.7. The average molecular weight is 262 g/mol. The molecule has 1 heterocycles. The van der Waals surface area contributed by atoms with Crippen molar-refractivity contribution in [1.82, 2.24) is 5.32 Å². The summed E-state index contributed by atoms with van der Waals surface area (Å²) in [5, 5.41) is 6.81. The van der Waals surface area contributed by atoms with Gasteiger partial charge in [-0.2, -0.15) is 11.3 Å². The number of nitrogens with one attached hydrogen (secondary N) is 2. The molecular formula is C10H18N2O2S2. The van der Waals surface area contributed by atoms with Gasteiger partial charge in [-0.3, -0.25) is 4.72 Å². The fourth-order valence-electron chi connectivity index (χ4n) is 1.24. The Hall–Kier alpha value is -0.590. The minimum atomic E-state index is -3.18. The second kappa shape index (κ2) is 6.88. The highest BCUT2D eigenvalue weighted by atomic mass is 32.2. The van der Waals surface area contributed by atoms with E-state index in [2.05, 4.69) is 17.0 Å². The lowest BCUT2D eigenvalue weighted by atomic mass is 10.4. The topological polar surface area (TPSA) is 58.2 Å². The molecule has 0 aromatic carbocycles. The second-order valence-corrected chi connectivity index (χ2v) is 6.16. The van der Waals surface area contributed by atoms with E-state index in [0.29, 0.717) is 12.1 Å². The Kier molecular flexibility index (Phi) is 5.79. The maximum atomic E-state index is 11.6. The lowest BCUT2D eigenvalue weighted by molar-refractivity contribution is 0.593. The van der Waals surface area contributed by atoms with Gasteiger partial charge >= 0.3 is 0 Å². The van der Waals surface area contributed by atoms with E-state index in [9.17, 15) is 8.42 Å². The second-order valence-electron chi connectivity index (χ2n) is 3.54. The van der Waals surface area contributed by atoms with E-state index in [4.69, 9.17) is 0 Å². The minimum Gasteiger partial charge on any atom is -0.317 e. The highest BCUT2D eigenvalue weighted by Gasteiger charge is 2.09. The Morgan fingerprint density at radius 3 is 2.81 bits per heavy atom. The third-order valence-electron chi connectivity index (χ3n) is 1.99. The first kappa shape index (κ1) is 13.5. The maximum Gasteiger partial charge on any atom is 0.232 e. The third-order valence-corrected chi connectivity index (χ3v) is 4.04. The molecule has 0 saturated carbocycles. The fraction of sp³-hybridized carbons (Fsp3) is 0.600. The molecular weight excluding hydrogens is 244 g/mol. The monoisotopic (exact) mass is 262 g/mol. The van der Waals surface area contributed by atoms with Gasteiger partial charge in [-0.15, -0.1) is 0 Å². The third kappa shape index (κ3) is 5.48. The van der Waals surface area contributed by atoms with E-state index < -0.39 is 10.0 Å². The predicted molar refractivity (Wildman–Crippen MR) is 69.5 cm³/mol. The maximum absolute atomic E-state index is 11.6. The van der Waals surface area contributed by atoms with Crippen LogP contribution >= 0.6 is 11.3 Å². The van der Waals surface area contributed by atoms with E-state index in [1.54, 1.807) is 11.4 Å². The minimum absolute atomic E-state index is 0.166. The van der Waals surface area contributed by atoms with Crippen LogP contribution < -0.4 is 10.0 Å². The number of anilines is 1. The van der Waals surface area contributed by atoms with Gasteiger partial charge in [0.2, 0.25) is 10.0 Å². The van der Waals surface area contributed by atoms with Crippen molar-refractivity contribution in [1.29, 1.82) is 0 Å². The van der Waals surface area contributed by atoms with Crippen LogP contribution in [0.3, 0.4) is 0 Å². The molecule has 0 atom stereocenters. The Bertz CT molecular complexity index is 374. The Morgan fingerprint density at radius 2 is 2.19 bits per heavy atom. The Morgan fingerprint density at radius 1 is 1.38 bits per heavy atom. The van der Waals surface area contributed by atoms with E-state index in [1.807, 2.05) is 5.38 Å². The summed E-state index contributed by atoms with van der Waals surface area (Å²) >= 11 is 1.48. The first-order valence-corrected chi connectivity index (χ1v) is 7.97. The van der Waals surface area contributed by atoms with Crippen LogP contribution in [-0.2, 0) is 10.0 Å². The lowest BCUT2D eigenvalue weighted by Crippen LogP contribution is -2.22. The number of rotatable bonds is 8. The van der Waals surface area contributed by atoms with E-state index in [-0.39, 0.29) is 5.75 Å². The van der Waals surface area contributed by atoms with Crippen LogP contribution in [0.15, 0.2) is 16.8 Å². The molecule has 0 radical (unpaired) electrons. The molecule has 16 heavy (non-hydrogen) atoms. The molecule has 0 fully saturated rings. The van der Waals surface area contributed by atoms with Crippen LogP contribution in [-0.4, -0.2) is 27.3 Å². The highest BCUT2D eigenvalue weighted by molar-refractivity contribution is 7.92. The first-order valence-electron chi connectivity index (χ1n) is 5.37. The molecule has 1 rings (SSSR count). The summed E-state index contributed by atoms with van der Waals surface area (Å²) in [4.78, 5) is 0. The Balaban J connectivity index is 2.24. The van der Waals surface area contributed by atoms with Gasteiger partial charge in [0, 0.05) is 5.38 Å². The van der Waals surface area contributed by atoms with Crippen LogP contribution in [0.1, 0.15) is 19.8 Å². The van der Waals surface area contributed by atoms with Crippen LogP contribution in [0.2, 0.25) is 0 Å². The van der Waals surface area contributed by atoms with Gasteiger partial charge in [0.25, 0.3) is 0 Å². The lowest BCUT2D eigenvalue weighted by Gasteiger charge is -2.06. The predicted octanol–water partition coefficient (Wildman–Crippen LogP) is 1.88. The summed E-state index contributed by atoms with van der Waals surface area (Å²) in [6.45, 7) is 3.78. The van der Waals surface area contributed by atoms with Crippen molar-refractivity contribution < 1.29 is 8.42 Å². The van der Waals surface area contributed by atoms with Crippen molar-refractivity contribution in [3.63, 3.8) is 0 Å². The van der Waals surface area contributed by atoms with E-state index >= 15 is 0 Å². The Labute approximate surface area is 101 Å². The van der Waals surface area contributed by atoms with Gasteiger partial charge in [-0.25, -0.2) is 8.42 Å². The van der Waals surface area contributed by atoms with Crippen molar-refractivity contribution in [2.45, 2.75) is 19.8 Å². The van der Waals surface area contributed by atoms with Gasteiger partial charge in [0.1, 0.15) is 0 Å². The zero-order chi connectivity index (χ0) is 11.9. The summed E-state index contributed by atoms with van der Waals surface area (Å²) in [7, 11) is -3.18. The van der Waals surface area contributed by atoms with Gasteiger partial charge in [-0.1, -0.05) is 6.92 Å². The highest BCUT2D eigenvalue weighted by Crippen LogP contribution is 2.13. The molecule has 0 unspecified atom stereocenters. The quantitative estimate of drug-likeness (QED) is 0.703. The first-order chi connectivity index (χ1) is 7.64. The molecule has 1 aromatic heterocycles. The zero-order valence-corrected chi connectivity index (χ0v) is 11.0. The summed E-state index contributed by atoms with van der Waals surface area (Å²) in [6, 6.07) is 1.76. The molecule has 0 saturated heterocycles. The zero-order valence-electron chi connectivity index (χ0n) is 9.40. The normalized spacial score (nSPS) is 11.6. The number of hydrogen-bond acceptors (Lipinski definition) is 4. The van der Waals surface area contributed by atoms with Crippen molar-refractivity contribution in [2.24, 2.45) is 0 Å². The summed E-state index contributed by atoms with van der Waals surface area (Å²) in [6.07, 6.45) is 1.71. The molecule has 0 spiro atoms. The molecule has 1 aromatic rings. The molecule has 6 heteroatoms. The van der Waals surface area contributed by atoms with Crippen LogP contribution in [0.4, 0.5) is 5.69 Å². The average Bonchev–Trinajstić information content (AvgIpc) is 2.69. The van der Waals surface area contributed by atoms with Gasteiger partial charge in [0.05, 0.1) is 11.4 Å². The molecule has 92 valence electrons. The van der Waals surface area contributed by atoms with Crippen LogP contribution in [0, 0.1) is 0 Å². The number of thiophene rings is 1. The number of hydrogen-bond donors (Lipinski definition) is 2. The van der Waals surface area contributed by atoms with E-state index in [0.717, 1.165) is 19.5 Å². The largest absolute Gasteiger partial charge is 0.317 e. The van der Waals surface area contributed by atoms with Crippen molar-refractivity contribution in [2.75, 3.05) is 23.6 Å². The number of sulfonamides is 1. The van der Waals surface area contributed by atoms with Crippen LogP contribution in [0.25, 0.3) is 0 Å². The molecule has 0 aliphatic rings.